The van der Waals surface area contributed by atoms with Gasteiger partial charge in [0.1, 0.15) is 22.3 Å². The summed E-state index contributed by atoms with van der Waals surface area (Å²) in [5.74, 6) is 0.645. The van der Waals surface area contributed by atoms with Gasteiger partial charge in [0.05, 0.1) is 39.6 Å². The Kier molecular flexibility index (Phi) is 8.69. The molecule has 0 bridgehead atoms. The third kappa shape index (κ3) is 6.09. The number of nitrogens with zero attached hydrogens (tertiary/aromatic N) is 3. The summed E-state index contributed by atoms with van der Waals surface area (Å²) < 4.78 is 16.4. The first kappa shape index (κ1) is 38.7. The molecule has 2 unspecified atom stereocenters. The first-order valence-electron chi connectivity index (χ1n) is 23.6. The first-order valence-corrected chi connectivity index (χ1v) is 23.6. The zero-order valence-corrected chi connectivity index (χ0v) is 37.4. The Morgan fingerprint density at radius 3 is 1.71 bits per heavy atom. The maximum Gasteiger partial charge on any atom is 0.159 e. The number of aliphatic imine (C=N–C) groups is 2. The van der Waals surface area contributed by atoms with Crippen LogP contribution in [0.15, 0.2) is 225 Å². The van der Waals surface area contributed by atoms with Crippen molar-refractivity contribution in [2.75, 3.05) is 0 Å². The third-order valence-corrected chi connectivity index (χ3v) is 14.4. The lowest BCUT2D eigenvalue weighted by molar-refractivity contribution is 0.555. The molecule has 1 aliphatic heterocycles. The van der Waals surface area contributed by atoms with Gasteiger partial charge in [0, 0.05) is 32.3 Å². The van der Waals surface area contributed by atoms with Gasteiger partial charge in [-0.3, -0.25) is 4.99 Å². The summed E-state index contributed by atoms with van der Waals surface area (Å²) in [5.41, 5.74) is 12.8. The van der Waals surface area contributed by atoms with Crippen molar-refractivity contribution in [3.8, 4) is 16.8 Å². The normalized spacial score (nSPS) is 15.8. The molecule has 0 aliphatic carbocycles. The van der Waals surface area contributed by atoms with Crippen LogP contribution in [0.4, 0.5) is 0 Å². The number of hydrogen-bond donors (Lipinski definition) is 0. The molecule has 3 aromatic heterocycles. The lowest BCUT2D eigenvalue weighted by Gasteiger charge is -2.25. The topological polar surface area (TPSA) is 55.9 Å². The van der Waals surface area contributed by atoms with Crippen LogP contribution in [0.2, 0.25) is 0 Å². The van der Waals surface area contributed by atoms with E-state index in [1.807, 2.05) is 12.1 Å². The molecular weight excluding hydrogens is 831 g/mol. The summed E-state index contributed by atoms with van der Waals surface area (Å²) in [6.45, 7) is 2.33. The monoisotopic (exact) mass is 873 g/mol. The van der Waals surface area contributed by atoms with Crippen molar-refractivity contribution >= 4 is 98.8 Å². The zero-order chi connectivity index (χ0) is 44.9. The van der Waals surface area contributed by atoms with Gasteiger partial charge >= 0.3 is 0 Å². The molecule has 0 amide bonds. The molecule has 0 radical (unpaired) electrons. The van der Waals surface area contributed by atoms with Crippen molar-refractivity contribution in [3.05, 3.63) is 223 Å². The quantitative estimate of drug-likeness (QED) is 0.173. The van der Waals surface area contributed by atoms with E-state index in [2.05, 4.69) is 206 Å². The van der Waals surface area contributed by atoms with Crippen LogP contribution >= 0.6 is 0 Å². The highest BCUT2D eigenvalue weighted by Gasteiger charge is 2.30. The average Bonchev–Trinajstić information content (AvgIpc) is 4.06. The Morgan fingerprint density at radius 1 is 0.456 bits per heavy atom. The highest BCUT2D eigenvalue weighted by molar-refractivity contribution is 6.25. The molecule has 0 N–H and O–H groups in total. The molecule has 13 aromatic rings. The molecule has 1 aliphatic rings. The van der Waals surface area contributed by atoms with E-state index < -0.39 is 0 Å². The number of rotatable bonds is 5. The summed E-state index contributed by atoms with van der Waals surface area (Å²) in [6, 6.07) is 73.7. The van der Waals surface area contributed by atoms with Crippen molar-refractivity contribution in [1.82, 2.24) is 4.57 Å². The Balaban J connectivity index is 1.08. The fourth-order valence-electron chi connectivity index (χ4n) is 11.0. The van der Waals surface area contributed by atoms with Crippen LogP contribution in [0.5, 0.6) is 0 Å². The van der Waals surface area contributed by atoms with E-state index in [4.69, 9.17) is 18.8 Å². The van der Waals surface area contributed by atoms with Crippen molar-refractivity contribution in [2.45, 2.75) is 25.8 Å². The van der Waals surface area contributed by atoms with E-state index in [0.29, 0.717) is 5.84 Å². The van der Waals surface area contributed by atoms with Crippen LogP contribution in [-0.2, 0) is 0 Å². The highest BCUT2D eigenvalue weighted by atomic mass is 16.3. The van der Waals surface area contributed by atoms with Crippen LogP contribution in [0, 0.1) is 5.92 Å². The van der Waals surface area contributed by atoms with Crippen molar-refractivity contribution in [2.24, 2.45) is 15.9 Å². The Hall–Kier alpha value is -8.54. The Bertz CT molecular complexity index is 4150. The highest BCUT2D eigenvalue weighted by Crippen LogP contribution is 2.43. The van der Waals surface area contributed by atoms with E-state index in [1.165, 1.54) is 43.4 Å². The molecule has 0 fully saturated rings. The van der Waals surface area contributed by atoms with Crippen LogP contribution in [0.3, 0.4) is 0 Å². The summed E-state index contributed by atoms with van der Waals surface area (Å²) in [5, 5.41) is 11.4. The van der Waals surface area contributed by atoms with Gasteiger partial charge in [-0.15, -0.1) is 0 Å². The van der Waals surface area contributed by atoms with Crippen LogP contribution in [0.25, 0.3) is 104 Å². The lowest BCUT2D eigenvalue weighted by atomic mass is 9.87. The fourth-order valence-corrected chi connectivity index (χ4v) is 11.0. The molecule has 0 saturated heterocycles. The predicted molar refractivity (Wildman–Crippen MR) is 283 cm³/mol. The number of aromatic nitrogens is 1. The summed E-state index contributed by atoms with van der Waals surface area (Å²) in [6.07, 6.45) is 1.67. The van der Waals surface area contributed by atoms with Crippen molar-refractivity contribution in [1.29, 1.82) is 0 Å². The Labute approximate surface area is 391 Å². The average molecular weight is 874 g/mol. The molecule has 5 heteroatoms. The molecule has 2 atom stereocenters. The standard InChI is InChI=1S/C63H43N3O2/c1-38-29-31-53(45-22-13-21-40(33-45)39-15-3-2-4-16-39)64-63(50-26-14-25-48-46-23-9-11-27-57(46)67-61(48)50)65-60(38)59-54(32-30-49-47-24-10-12-28-58(47)68-62(49)59)66-55-36-43-19-7-5-17-41(43)34-51(55)52-35-42-18-6-8-20-44(42)37-56(52)66/h2-28,30,32-38,53H,29,31H2,1H3. The minimum atomic E-state index is -0.151. The summed E-state index contributed by atoms with van der Waals surface area (Å²) >= 11 is 0. The number of para-hydroxylation sites is 3. The van der Waals surface area contributed by atoms with Gasteiger partial charge in [0.15, 0.2) is 5.84 Å². The second kappa shape index (κ2) is 15.3. The maximum absolute atomic E-state index is 7.10. The van der Waals surface area contributed by atoms with E-state index in [0.717, 1.165) is 95.8 Å². The van der Waals surface area contributed by atoms with E-state index >= 15 is 0 Å². The zero-order valence-electron chi connectivity index (χ0n) is 37.4. The van der Waals surface area contributed by atoms with E-state index in [1.54, 1.807) is 0 Å². The number of fused-ring (bicyclic) bond motifs is 11. The second-order valence-electron chi connectivity index (χ2n) is 18.4. The summed E-state index contributed by atoms with van der Waals surface area (Å²) in [4.78, 5) is 11.7. The molecular formula is C63H43N3O2. The minimum Gasteiger partial charge on any atom is -0.455 e. The maximum atomic E-state index is 7.10. The molecule has 4 heterocycles. The molecule has 14 rings (SSSR count). The molecule has 0 spiro atoms. The molecule has 5 nitrogen and oxygen atoms in total. The number of furan rings is 2. The van der Waals surface area contributed by atoms with Crippen LogP contribution in [0.1, 0.15) is 42.5 Å². The lowest BCUT2D eigenvalue weighted by Crippen LogP contribution is -2.21. The number of hydrogen-bond acceptors (Lipinski definition) is 4. The van der Waals surface area contributed by atoms with Gasteiger partial charge in [-0.25, -0.2) is 4.99 Å². The third-order valence-electron chi connectivity index (χ3n) is 14.4. The molecule has 68 heavy (non-hydrogen) atoms. The van der Waals surface area contributed by atoms with Gasteiger partial charge in [0.25, 0.3) is 0 Å². The molecule has 0 saturated carbocycles. The second-order valence-corrected chi connectivity index (χ2v) is 18.4. The van der Waals surface area contributed by atoms with E-state index in [-0.39, 0.29) is 12.0 Å². The minimum absolute atomic E-state index is 0.00231. The fraction of sp³-hybridized carbons (Fsp3) is 0.0794. The number of benzene rings is 10. The largest absolute Gasteiger partial charge is 0.455 e. The molecule has 10 aromatic carbocycles. The van der Waals surface area contributed by atoms with Crippen LogP contribution < -0.4 is 0 Å². The smallest absolute Gasteiger partial charge is 0.159 e. The predicted octanol–water partition coefficient (Wildman–Crippen LogP) is 17.0. The van der Waals surface area contributed by atoms with Gasteiger partial charge in [-0.05, 0) is 118 Å². The van der Waals surface area contributed by atoms with Gasteiger partial charge < -0.3 is 13.4 Å². The number of amidine groups is 1. The van der Waals surface area contributed by atoms with Gasteiger partial charge in [-0.2, -0.15) is 0 Å². The van der Waals surface area contributed by atoms with Crippen molar-refractivity contribution in [3.63, 3.8) is 0 Å². The van der Waals surface area contributed by atoms with Gasteiger partial charge in [-0.1, -0.05) is 153 Å². The van der Waals surface area contributed by atoms with E-state index in [9.17, 15) is 0 Å². The first-order chi connectivity index (χ1) is 33.6. The molecule has 322 valence electrons. The van der Waals surface area contributed by atoms with Crippen LogP contribution in [-0.4, -0.2) is 16.1 Å². The van der Waals surface area contributed by atoms with Gasteiger partial charge in [0.2, 0.25) is 0 Å². The van der Waals surface area contributed by atoms with Crippen molar-refractivity contribution < 1.29 is 8.83 Å². The summed E-state index contributed by atoms with van der Waals surface area (Å²) in [7, 11) is 0. The SMILES string of the molecule is CC1CCC(c2cccc(-c3ccccc3)c2)N=C(c2cccc3c2oc2ccccc23)N=C1c1c(-n2c3cc4ccccc4cc3c3cc4ccccc4cc32)ccc2c1oc1ccccc12. The Morgan fingerprint density at radius 2 is 1.01 bits per heavy atom.